The average Bonchev–Trinajstić information content (AvgIpc) is 2.56. The summed E-state index contributed by atoms with van der Waals surface area (Å²) in [6.45, 7) is 3.26. The number of ether oxygens (including phenoxy) is 2. The third kappa shape index (κ3) is 5.96. The van der Waals surface area contributed by atoms with Crippen molar-refractivity contribution in [1.82, 2.24) is 4.98 Å². The minimum Gasteiger partial charge on any atom is -0.484 e. The fourth-order valence-corrected chi connectivity index (χ4v) is 1.83. The van der Waals surface area contributed by atoms with E-state index in [1.807, 2.05) is 37.3 Å². The molecule has 0 radical (unpaired) electrons. The normalized spacial score (nSPS) is 10.2. The van der Waals surface area contributed by atoms with E-state index >= 15 is 0 Å². The fraction of sp³-hybridized carbons (Fsp3) is 0.294. The van der Waals surface area contributed by atoms with E-state index in [1.54, 1.807) is 19.4 Å². The van der Waals surface area contributed by atoms with Crippen molar-refractivity contribution in [3.63, 3.8) is 0 Å². The van der Waals surface area contributed by atoms with Gasteiger partial charge in [0.05, 0.1) is 18.5 Å². The Morgan fingerprint density at radius 1 is 1.17 bits per heavy atom. The molecule has 0 aliphatic heterocycles. The van der Waals surface area contributed by atoms with Crippen molar-refractivity contribution in [3.8, 4) is 5.75 Å². The van der Waals surface area contributed by atoms with Crippen LogP contribution in [0, 0.1) is 6.92 Å². The summed E-state index contributed by atoms with van der Waals surface area (Å²) in [5, 5.41) is 5.84. The molecule has 0 atom stereocenters. The Morgan fingerprint density at radius 2 is 1.96 bits per heavy atom. The summed E-state index contributed by atoms with van der Waals surface area (Å²) in [6.07, 6.45) is 1.66. The Kier molecular flexibility index (Phi) is 6.38. The van der Waals surface area contributed by atoms with Gasteiger partial charge in [-0.1, -0.05) is 17.7 Å². The number of aryl methyl sites for hydroxylation is 1. The minimum atomic E-state index is -0.252. The highest BCUT2D eigenvalue weighted by Crippen LogP contribution is 2.12. The van der Waals surface area contributed by atoms with Crippen LogP contribution >= 0.6 is 0 Å². The second-order valence-corrected chi connectivity index (χ2v) is 5.00. The number of amides is 1. The van der Waals surface area contributed by atoms with E-state index < -0.39 is 0 Å². The molecule has 23 heavy (non-hydrogen) atoms. The van der Waals surface area contributed by atoms with Crippen LogP contribution in [0.4, 0.5) is 11.5 Å². The summed E-state index contributed by atoms with van der Waals surface area (Å²) in [5.74, 6) is 0.898. The topological polar surface area (TPSA) is 72.5 Å². The number of aromatic nitrogens is 1. The van der Waals surface area contributed by atoms with Gasteiger partial charge >= 0.3 is 0 Å². The summed E-state index contributed by atoms with van der Waals surface area (Å²) in [5.41, 5.74) is 2.01. The second kappa shape index (κ2) is 8.75. The van der Waals surface area contributed by atoms with Crippen LogP contribution in [-0.4, -0.2) is 37.8 Å². The zero-order chi connectivity index (χ0) is 16.5. The standard InChI is InChI=1S/C17H21N3O3/c1-13-3-6-15(7-4-13)23-12-17(21)20-16-8-5-14(11-19-16)18-9-10-22-2/h3-8,11,18H,9-10,12H2,1-2H3,(H,19,20,21). The van der Waals surface area contributed by atoms with Crippen molar-refractivity contribution in [1.29, 1.82) is 0 Å². The van der Waals surface area contributed by atoms with E-state index in [9.17, 15) is 4.79 Å². The van der Waals surface area contributed by atoms with Gasteiger partial charge in [-0.05, 0) is 31.2 Å². The van der Waals surface area contributed by atoms with Gasteiger partial charge in [-0.2, -0.15) is 0 Å². The van der Waals surface area contributed by atoms with Crippen LogP contribution in [0.25, 0.3) is 0 Å². The van der Waals surface area contributed by atoms with Crippen molar-refractivity contribution in [2.24, 2.45) is 0 Å². The molecule has 0 fully saturated rings. The van der Waals surface area contributed by atoms with Gasteiger partial charge in [0.1, 0.15) is 11.6 Å². The summed E-state index contributed by atoms with van der Waals surface area (Å²) in [4.78, 5) is 16.0. The Labute approximate surface area is 135 Å². The molecule has 6 nitrogen and oxygen atoms in total. The molecule has 2 aromatic rings. The molecule has 6 heteroatoms. The first-order chi connectivity index (χ1) is 11.2. The lowest BCUT2D eigenvalue weighted by molar-refractivity contribution is -0.118. The maximum atomic E-state index is 11.8. The number of rotatable bonds is 8. The number of carbonyl (C=O) groups is 1. The van der Waals surface area contributed by atoms with Crippen LogP contribution < -0.4 is 15.4 Å². The summed E-state index contributed by atoms with van der Waals surface area (Å²) in [6, 6.07) is 11.1. The Morgan fingerprint density at radius 3 is 2.61 bits per heavy atom. The van der Waals surface area contributed by atoms with Gasteiger partial charge in [-0.15, -0.1) is 0 Å². The lowest BCUT2D eigenvalue weighted by atomic mass is 10.2. The number of benzene rings is 1. The van der Waals surface area contributed by atoms with Crippen LogP contribution in [0.3, 0.4) is 0 Å². The van der Waals surface area contributed by atoms with Crippen molar-refractivity contribution >= 4 is 17.4 Å². The van der Waals surface area contributed by atoms with Gasteiger partial charge in [0.2, 0.25) is 0 Å². The van der Waals surface area contributed by atoms with Gasteiger partial charge in [-0.3, -0.25) is 4.79 Å². The predicted octanol–water partition coefficient (Wildman–Crippen LogP) is 2.47. The van der Waals surface area contributed by atoms with Gasteiger partial charge in [0, 0.05) is 13.7 Å². The Bertz CT molecular complexity index is 612. The zero-order valence-electron chi connectivity index (χ0n) is 13.3. The molecule has 0 unspecified atom stereocenters. The minimum absolute atomic E-state index is 0.0570. The highest BCUT2D eigenvalue weighted by atomic mass is 16.5. The molecule has 1 aromatic heterocycles. The molecule has 0 aliphatic carbocycles. The summed E-state index contributed by atoms with van der Waals surface area (Å²) in [7, 11) is 1.65. The third-order valence-corrected chi connectivity index (χ3v) is 3.06. The quantitative estimate of drug-likeness (QED) is 0.732. The smallest absolute Gasteiger partial charge is 0.263 e. The summed E-state index contributed by atoms with van der Waals surface area (Å²) < 4.78 is 10.4. The van der Waals surface area contributed by atoms with Gasteiger partial charge in [-0.25, -0.2) is 4.98 Å². The lowest BCUT2D eigenvalue weighted by Crippen LogP contribution is -2.20. The Hall–Kier alpha value is -2.60. The second-order valence-electron chi connectivity index (χ2n) is 5.00. The van der Waals surface area contributed by atoms with Crippen molar-refractivity contribution in [2.45, 2.75) is 6.92 Å². The molecule has 122 valence electrons. The van der Waals surface area contributed by atoms with E-state index in [0.29, 0.717) is 24.7 Å². The van der Waals surface area contributed by atoms with Crippen LogP contribution in [0.1, 0.15) is 5.56 Å². The van der Waals surface area contributed by atoms with E-state index in [2.05, 4.69) is 15.6 Å². The van der Waals surface area contributed by atoms with Gasteiger partial charge < -0.3 is 20.1 Å². The van der Waals surface area contributed by atoms with Gasteiger partial charge in [0.25, 0.3) is 5.91 Å². The molecule has 1 heterocycles. The number of methoxy groups -OCH3 is 1. The van der Waals surface area contributed by atoms with Crippen LogP contribution in [0.5, 0.6) is 5.75 Å². The number of anilines is 2. The molecule has 2 N–H and O–H groups in total. The molecule has 1 amide bonds. The molecular weight excluding hydrogens is 294 g/mol. The number of carbonyl (C=O) groups excluding carboxylic acids is 1. The van der Waals surface area contributed by atoms with Crippen molar-refractivity contribution in [2.75, 3.05) is 37.5 Å². The number of pyridine rings is 1. The van der Waals surface area contributed by atoms with Crippen LogP contribution in [0.2, 0.25) is 0 Å². The first-order valence-electron chi connectivity index (χ1n) is 7.35. The fourth-order valence-electron chi connectivity index (χ4n) is 1.83. The number of hydrogen-bond acceptors (Lipinski definition) is 5. The van der Waals surface area contributed by atoms with E-state index in [0.717, 1.165) is 11.3 Å². The third-order valence-electron chi connectivity index (χ3n) is 3.06. The molecule has 1 aromatic carbocycles. The molecule has 0 saturated carbocycles. The van der Waals surface area contributed by atoms with E-state index in [1.165, 1.54) is 0 Å². The van der Waals surface area contributed by atoms with Crippen LogP contribution in [-0.2, 0) is 9.53 Å². The van der Waals surface area contributed by atoms with Gasteiger partial charge in [0.15, 0.2) is 6.61 Å². The highest BCUT2D eigenvalue weighted by Gasteiger charge is 2.04. The predicted molar refractivity (Wildman–Crippen MR) is 89.9 cm³/mol. The largest absolute Gasteiger partial charge is 0.484 e. The maximum Gasteiger partial charge on any atom is 0.263 e. The maximum absolute atomic E-state index is 11.8. The molecule has 0 spiro atoms. The van der Waals surface area contributed by atoms with Crippen molar-refractivity contribution < 1.29 is 14.3 Å². The molecular formula is C17H21N3O3. The first kappa shape index (κ1) is 16.8. The molecule has 2 rings (SSSR count). The molecule has 0 aliphatic rings. The Balaban J connectivity index is 1.77. The van der Waals surface area contributed by atoms with E-state index in [-0.39, 0.29) is 12.5 Å². The molecule has 0 saturated heterocycles. The lowest BCUT2D eigenvalue weighted by Gasteiger charge is -2.08. The number of nitrogens with zero attached hydrogens (tertiary/aromatic N) is 1. The highest BCUT2D eigenvalue weighted by molar-refractivity contribution is 5.91. The number of nitrogens with one attached hydrogen (secondary N) is 2. The van der Waals surface area contributed by atoms with Crippen LogP contribution in [0.15, 0.2) is 42.6 Å². The van der Waals surface area contributed by atoms with E-state index in [4.69, 9.17) is 9.47 Å². The summed E-state index contributed by atoms with van der Waals surface area (Å²) >= 11 is 0. The average molecular weight is 315 g/mol. The number of hydrogen-bond donors (Lipinski definition) is 2. The SMILES string of the molecule is COCCNc1ccc(NC(=O)COc2ccc(C)cc2)nc1. The van der Waals surface area contributed by atoms with Crippen molar-refractivity contribution in [3.05, 3.63) is 48.2 Å². The monoisotopic (exact) mass is 315 g/mol. The first-order valence-corrected chi connectivity index (χ1v) is 7.35. The molecule has 0 bridgehead atoms. The zero-order valence-corrected chi connectivity index (χ0v) is 13.3.